The van der Waals surface area contributed by atoms with Crippen molar-refractivity contribution in [1.82, 2.24) is 4.90 Å². The summed E-state index contributed by atoms with van der Waals surface area (Å²) < 4.78 is 5.80. The number of rotatable bonds is 7. The van der Waals surface area contributed by atoms with Crippen LogP contribution in [0.1, 0.15) is 25.8 Å². The van der Waals surface area contributed by atoms with Crippen molar-refractivity contribution in [1.29, 1.82) is 0 Å². The van der Waals surface area contributed by atoms with Gasteiger partial charge in [0, 0.05) is 13.0 Å². The molecule has 0 saturated carbocycles. The molecule has 0 atom stereocenters. The van der Waals surface area contributed by atoms with Crippen LogP contribution < -0.4 is 4.74 Å². The quantitative estimate of drug-likeness (QED) is 0.763. The second-order valence-corrected chi connectivity index (χ2v) is 4.15. The molecule has 1 aromatic carbocycles. The molecule has 0 aliphatic heterocycles. The summed E-state index contributed by atoms with van der Waals surface area (Å²) in [4.78, 5) is 2.32. The van der Waals surface area contributed by atoms with E-state index < -0.39 is 0 Å². The first-order chi connectivity index (χ1) is 9.31. The maximum absolute atomic E-state index is 8.73. The van der Waals surface area contributed by atoms with E-state index in [-0.39, 0.29) is 6.61 Å². The average Bonchev–Trinajstić information content (AvgIpc) is 2.45. The SMILES string of the molecule is CCN(CC)CCOc1ccccc1C#CCCO. The van der Waals surface area contributed by atoms with Crippen molar-refractivity contribution in [2.75, 3.05) is 32.8 Å². The Morgan fingerprint density at radius 2 is 1.95 bits per heavy atom. The lowest BCUT2D eigenvalue weighted by Gasteiger charge is -2.18. The van der Waals surface area contributed by atoms with Gasteiger partial charge in [-0.1, -0.05) is 37.8 Å². The fourth-order valence-electron chi connectivity index (χ4n) is 1.73. The number of aliphatic hydroxyl groups is 1. The zero-order valence-corrected chi connectivity index (χ0v) is 11.9. The third-order valence-electron chi connectivity index (χ3n) is 2.91. The van der Waals surface area contributed by atoms with E-state index in [2.05, 4.69) is 30.6 Å². The van der Waals surface area contributed by atoms with Gasteiger partial charge in [0.1, 0.15) is 12.4 Å². The van der Waals surface area contributed by atoms with Gasteiger partial charge in [-0.2, -0.15) is 0 Å². The van der Waals surface area contributed by atoms with Crippen LogP contribution in [0, 0.1) is 11.8 Å². The smallest absolute Gasteiger partial charge is 0.134 e. The van der Waals surface area contributed by atoms with Crippen LogP contribution in [0.5, 0.6) is 5.75 Å². The lowest BCUT2D eigenvalue weighted by atomic mass is 10.2. The summed E-state index contributed by atoms with van der Waals surface area (Å²) in [5.74, 6) is 6.77. The molecule has 104 valence electrons. The van der Waals surface area contributed by atoms with Crippen LogP contribution in [0.4, 0.5) is 0 Å². The van der Waals surface area contributed by atoms with Crippen molar-refractivity contribution in [2.24, 2.45) is 0 Å². The van der Waals surface area contributed by atoms with Crippen molar-refractivity contribution >= 4 is 0 Å². The van der Waals surface area contributed by atoms with Crippen molar-refractivity contribution in [3.63, 3.8) is 0 Å². The van der Waals surface area contributed by atoms with Crippen LogP contribution in [0.2, 0.25) is 0 Å². The minimum atomic E-state index is 0.0952. The molecule has 0 saturated heterocycles. The predicted octanol–water partition coefficient (Wildman–Crippen LogP) is 2.14. The molecule has 0 aliphatic carbocycles. The van der Waals surface area contributed by atoms with E-state index in [1.807, 2.05) is 24.3 Å². The molecule has 0 aromatic heterocycles. The Labute approximate surface area is 116 Å². The van der Waals surface area contributed by atoms with Gasteiger partial charge >= 0.3 is 0 Å². The molecule has 1 N–H and O–H groups in total. The summed E-state index contributed by atoms with van der Waals surface area (Å²) in [7, 11) is 0. The third-order valence-corrected chi connectivity index (χ3v) is 2.91. The van der Waals surface area contributed by atoms with Crippen molar-refractivity contribution in [3.05, 3.63) is 29.8 Å². The highest BCUT2D eigenvalue weighted by Gasteiger charge is 2.02. The Morgan fingerprint density at radius 1 is 1.21 bits per heavy atom. The number of para-hydroxylation sites is 1. The van der Waals surface area contributed by atoms with Crippen LogP contribution in [-0.2, 0) is 0 Å². The molecule has 19 heavy (non-hydrogen) atoms. The van der Waals surface area contributed by atoms with Gasteiger partial charge in [-0.25, -0.2) is 0 Å². The van der Waals surface area contributed by atoms with Gasteiger partial charge in [0.2, 0.25) is 0 Å². The molecule has 0 bridgehead atoms. The third kappa shape index (κ3) is 5.78. The monoisotopic (exact) mass is 261 g/mol. The maximum Gasteiger partial charge on any atom is 0.134 e. The van der Waals surface area contributed by atoms with E-state index in [0.717, 1.165) is 30.9 Å². The van der Waals surface area contributed by atoms with Crippen molar-refractivity contribution < 1.29 is 9.84 Å². The van der Waals surface area contributed by atoms with Gasteiger partial charge in [-0.05, 0) is 25.2 Å². The van der Waals surface area contributed by atoms with Crippen LogP contribution in [0.3, 0.4) is 0 Å². The molecule has 0 radical (unpaired) electrons. The molecule has 3 heteroatoms. The fraction of sp³-hybridized carbons (Fsp3) is 0.500. The second kappa shape index (κ2) is 9.43. The highest BCUT2D eigenvalue weighted by molar-refractivity contribution is 5.45. The van der Waals surface area contributed by atoms with Gasteiger partial charge in [-0.15, -0.1) is 0 Å². The number of nitrogens with zero attached hydrogens (tertiary/aromatic N) is 1. The van der Waals surface area contributed by atoms with Gasteiger partial charge < -0.3 is 14.7 Å². The zero-order chi connectivity index (χ0) is 13.9. The molecule has 1 aromatic rings. The highest BCUT2D eigenvalue weighted by Crippen LogP contribution is 2.16. The standard InChI is InChI=1S/C16H23NO2/c1-3-17(4-2)12-14-19-16-11-6-5-9-15(16)10-7-8-13-18/h5-6,9,11,18H,3-4,8,12-14H2,1-2H3. The Hall–Kier alpha value is -1.50. The molecular weight excluding hydrogens is 238 g/mol. The predicted molar refractivity (Wildman–Crippen MR) is 78.3 cm³/mol. The summed E-state index contributed by atoms with van der Waals surface area (Å²) >= 11 is 0. The Morgan fingerprint density at radius 3 is 2.63 bits per heavy atom. The van der Waals surface area contributed by atoms with Gasteiger partial charge in [-0.3, -0.25) is 0 Å². The Bertz CT molecular complexity index is 416. The van der Waals surface area contributed by atoms with Gasteiger partial charge in [0.15, 0.2) is 0 Å². The van der Waals surface area contributed by atoms with Crippen LogP contribution >= 0.6 is 0 Å². The average molecular weight is 261 g/mol. The van der Waals surface area contributed by atoms with E-state index in [1.165, 1.54) is 0 Å². The summed E-state index contributed by atoms with van der Waals surface area (Å²) in [6.45, 7) is 8.06. The number of ether oxygens (including phenoxy) is 1. The van der Waals surface area contributed by atoms with E-state index in [1.54, 1.807) is 0 Å². The molecule has 0 unspecified atom stereocenters. The first-order valence-electron chi connectivity index (χ1n) is 6.85. The highest BCUT2D eigenvalue weighted by atomic mass is 16.5. The number of hydrogen-bond donors (Lipinski definition) is 1. The lowest BCUT2D eigenvalue weighted by Crippen LogP contribution is -2.28. The fourth-order valence-corrected chi connectivity index (χ4v) is 1.73. The largest absolute Gasteiger partial charge is 0.491 e. The Balaban J connectivity index is 2.56. The van der Waals surface area contributed by atoms with Crippen molar-refractivity contribution in [2.45, 2.75) is 20.3 Å². The molecule has 3 nitrogen and oxygen atoms in total. The number of hydrogen-bond acceptors (Lipinski definition) is 3. The second-order valence-electron chi connectivity index (χ2n) is 4.15. The number of benzene rings is 1. The zero-order valence-electron chi connectivity index (χ0n) is 11.9. The first kappa shape index (κ1) is 15.6. The normalized spacial score (nSPS) is 10.1. The molecule has 0 heterocycles. The van der Waals surface area contributed by atoms with E-state index in [0.29, 0.717) is 13.0 Å². The van der Waals surface area contributed by atoms with E-state index >= 15 is 0 Å². The van der Waals surface area contributed by atoms with E-state index in [9.17, 15) is 0 Å². The summed E-state index contributed by atoms with van der Waals surface area (Å²) in [6, 6.07) is 7.77. The molecule has 0 aliphatic rings. The molecule has 0 amide bonds. The topological polar surface area (TPSA) is 32.7 Å². The minimum Gasteiger partial charge on any atom is -0.491 e. The first-order valence-corrected chi connectivity index (χ1v) is 6.85. The lowest BCUT2D eigenvalue weighted by molar-refractivity contribution is 0.222. The molecule has 0 fully saturated rings. The Kier molecular flexibility index (Phi) is 7.72. The number of likely N-dealkylation sites (N-methyl/N-ethyl adjacent to an activating group) is 1. The van der Waals surface area contributed by atoms with E-state index in [4.69, 9.17) is 9.84 Å². The summed E-state index contributed by atoms with van der Waals surface area (Å²) in [5.41, 5.74) is 0.885. The summed E-state index contributed by atoms with van der Waals surface area (Å²) in [6.07, 6.45) is 0.494. The van der Waals surface area contributed by atoms with Crippen molar-refractivity contribution in [3.8, 4) is 17.6 Å². The maximum atomic E-state index is 8.73. The molecular formula is C16H23NO2. The molecule has 1 rings (SSSR count). The summed E-state index contributed by atoms with van der Waals surface area (Å²) in [5, 5.41) is 8.73. The minimum absolute atomic E-state index is 0.0952. The van der Waals surface area contributed by atoms with Crippen LogP contribution in [-0.4, -0.2) is 42.9 Å². The number of aliphatic hydroxyl groups excluding tert-OH is 1. The van der Waals surface area contributed by atoms with Crippen LogP contribution in [0.25, 0.3) is 0 Å². The van der Waals surface area contributed by atoms with Gasteiger partial charge in [0.25, 0.3) is 0 Å². The van der Waals surface area contributed by atoms with Gasteiger partial charge in [0.05, 0.1) is 12.2 Å². The van der Waals surface area contributed by atoms with Crippen LogP contribution in [0.15, 0.2) is 24.3 Å². The molecule has 0 spiro atoms.